The number of carbonyl (C=O) groups excluding carboxylic acids is 1. The molecule has 0 aliphatic carbocycles. The van der Waals surface area contributed by atoms with Crippen molar-refractivity contribution in [2.24, 2.45) is 5.73 Å². The van der Waals surface area contributed by atoms with E-state index in [4.69, 9.17) is 10.5 Å². The number of Topliss-reactive ketones (excluding diaryl/α,β-unsaturated/α-hetero) is 1. The van der Waals surface area contributed by atoms with Crippen LogP contribution in [0, 0.1) is 31.3 Å². The zero-order valence-electron chi connectivity index (χ0n) is 26.2. The monoisotopic (exact) mass is 634 g/mol. The fourth-order valence-electron chi connectivity index (χ4n) is 6.09. The summed E-state index contributed by atoms with van der Waals surface area (Å²) < 4.78 is 50.8. The maximum Gasteiger partial charge on any atom is 0.154 e. The van der Waals surface area contributed by atoms with Gasteiger partial charge in [0.1, 0.15) is 17.5 Å². The number of morpholine rings is 1. The number of nitrogens with zero attached hydrogens (tertiary/aromatic N) is 3. The summed E-state index contributed by atoms with van der Waals surface area (Å²) in [5, 5.41) is 11.3. The number of ether oxygens (including phenoxy) is 1. The Balaban J connectivity index is 1.20. The molecule has 3 heterocycles. The minimum Gasteiger partial charge on any atom is -0.371 e. The molecule has 2 aromatic carbocycles. The van der Waals surface area contributed by atoms with Crippen LogP contribution >= 0.6 is 0 Å². The van der Waals surface area contributed by atoms with E-state index >= 15 is 4.39 Å². The van der Waals surface area contributed by atoms with E-state index in [0.717, 1.165) is 30.7 Å². The van der Waals surface area contributed by atoms with E-state index in [2.05, 4.69) is 26.8 Å². The zero-order valence-corrected chi connectivity index (χ0v) is 26.2. The van der Waals surface area contributed by atoms with Crippen molar-refractivity contribution in [1.82, 2.24) is 25.4 Å². The summed E-state index contributed by atoms with van der Waals surface area (Å²) in [7, 11) is 0. The summed E-state index contributed by atoms with van der Waals surface area (Å²) in [5.74, 6) is -2.33. The highest BCUT2D eigenvalue weighted by Gasteiger charge is 2.29. The maximum atomic E-state index is 15.1. The van der Waals surface area contributed by atoms with Crippen LogP contribution in [0.25, 0.3) is 0 Å². The number of aryl methyl sites for hydroxylation is 2. The predicted octanol–water partition coefficient (Wildman–Crippen LogP) is 4.16. The third-order valence-electron chi connectivity index (χ3n) is 8.47. The van der Waals surface area contributed by atoms with Gasteiger partial charge in [-0.3, -0.25) is 14.5 Å². The highest BCUT2D eigenvalue weighted by molar-refractivity contribution is 5.87. The van der Waals surface area contributed by atoms with Gasteiger partial charge in [-0.15, -0.1) is 0 Å². The normalized spacial score (nSPS) is 17.4. The fraction of sp³-hybridized carbons (Fsp3) is 0.400. The maximum absolute atomic E-state index is 15.1. The lowest BCUT2D eigenvalue weighted by atomic mass is 9.82. The van der Waals surface area contributed by atoms with Crippen molar-refractivity contribution in [3.63, 3.8) is 0 Å². The number of aromatic nitrogens is 3. The molecule has 0 amide bonds. The van der Waals surface area contributed by atoms with Crippen molar-refractivity contribution >= 4 is 5.78 Å². The van der Waals surface area contributed by atoms with Crippen LogP contribution in [0.5, 0.6) is 0 Å². The Hall–Kier alpha value is -3.90. The molecule has 0 unspecified atom stereocenters. The number of ketones is 1. The SMILES string of the molecule is Cc1cc(C)n(CCNC[C@@H]2CNC[C@@H](CCc3c(F)cncc3CC(=O)[C@@H](N)C(c3ccc(F)cc3)c3ccc(F)cc3)O2)n1. The van der Waals surface area contributed by atoms with Crippen molar-refractivity contribution in [1.29, 1.82) is 0 Å². The molecule has 1 saturated heterocycles. The number of benzene rings is 2. The molecule has 11 heteroatoms. The molecule has 1 aliphatic rings. The summed E-state index contributed by atoms with van der Waals surface area (Å²) in [4.78, 5) is 17.6. The van der Waals surface area contributed by atoms with Gasteiger partial charge in [0, 0.05) is 50.4 Å². The van der Waals surface area contributed by atoms with Gasteiger partial charge in [0.2, 0.25) is 0 Å². The lowest BCUT2D eigenvalue weighted by Gasteiger charge is -2.31. The van der Waals surface area contributed by atoms with E-state index in [1.165, 1.54) is 30.5 Å². The van der Waals surface area contributed by atoms with Crippen molar-refractivity contribution < 1.29 is 22.7 Å². The Morgan fingerprint density at radius 1 is 1.02 bits per heavy atom. The van der Waals surface area contributed by atoms with Gasteiger partial charge in [-0.1, -0.05) is 24.3 Å². The molecule has 0 saturated carbocycles. The predicted molar refractivity (Wildman–Crippen MR) is 170 cm³/mol. The number of nitrogens with two attached hydrogens (primary N) is 1. The van der Waals surface area contributed by atoms with Gasteiger partial charge < -0.3 is 21.1 Å². The molecule has 0 radical (unpaired) electrons. The first-order valence-corrected chi connectivity index (χ1v) is 15.7. The van der Waals surface area contributed by atoms with Gasteiger partial charge in [-0.25, -0.2) is 13.2 Å². The Bertz CT molecular complexity index is 1550. The fourth-order valence-corrected chi connectivity index (χ4v) is 6.09. The average Bonchev–Trinajstić information content (AvgIpc) is 3.37. The van der Waals surface area contributed by atoms with E-state index in [1.54, 1.807) is 24.3 Å². The molecule has 8 nitrogen and oxygen atoms in total. The molecule has 3 atom stereocenters. The number of carbonyl (C=O) groups is 1. The summed E-state index contributed by atoms with van der Waals surface area (Å²) in [6.07, 6.45) is 3.27. The molecule has 46 heavy (non-hydrogen) atoms. The van der Waals surface area contributed by atoms with E-state index in [-0.39, 0.29) is 24.4 Å². The van der Waals surface area contributed by atoms with Crippen LogP contribution in [0.15, 0.2) is 67.0 Å². The molecule has 0 spiro atoms. The number of hydrogen-bond donors (Lipinski definition) is 3. The van der Waals surface area contributed by atoms with Crippen molar-refractivity contribution in [3.05, 3.63) is 118 Å². The molecular formula is C35H41F3N6O2. The van der Waals surface area contributed by atoms with Gasteiger partial charge >= 0.3 is 0 Å². The molecule has 2 aromatic heterocycles. The number of rotatable bonds is 14. The van der Waals surface area contributed by atoms with E-state index in [1.807, 2.05) is 18.5 Å². The van der Waals surface area contributed by atoms with Crippen LogP contribution in [-0.2, 0) is 28.9 Å². The van der Waals surface area contributed by atoms with Crippen LogP contribution in [0.1, 0.15) is 46.0 Å². The first-order chi connectivity index (χ1) is 22.2. The topological polar surface area (TPSA) is 107 Å². The number of halogens is 3. The van der Waals surface area contributed by atoms with E-state index in [0.29, 0.717) is 54.7 Å². The minimum absolute atomic E-state index is 0.0320. The van der Waals surface area contributed by atoms with Crippen LogP contribution in [0.2, 0.25) is 0 Å². The summed E-state index contributed by atoms with van der Waals surface area (Å²) >= 11 is 0. The second-order valence-corrected chi connectivity index (χ2v) is 11.9. The molecule has 1 fully saturated rings. The van der Waals surface area contributed by atoms with Crippen molar-refractivity contribution in [2.45, 2.75) is 63.8 Å². The molecule has 1 aliphatic heterocycles. The molecule has 4 aromatic rings. The first-order valence-electron chi connectivity index (χ1n) is 15.7. The second kappa shape index (κ2) is 15.6. The third-order valence-corrected chi connectivity index (χ3v) is 8.47. The standard InChI is InChI=1S/C35H41F3N6O2/c1-22-15-23(2)44(43-22)14-13-40-19-30-20-42-18-29(46-30)11-12-31-26(17-41-21-32(31)38)16-33(45)35(39)34(24-3-7-27(36)8-4-24)25-5-9-28(37)10-6-25/h3-10,15,17,21,29-30,34-35,40,42H,11-14,16,18-20,39H2,1-2H3/t29-,30-,35-/m1/s1. The Labute approximate surface area is 267 Å². The number of pyridine rings is 1. The highest BCUT2D eigenvalue weighted by atomic mass is 19.1. The van der Waals surface area contributed by atoms with Crippen molar-refractivity contribution in [3.8, 4) is 0 Å². The summed E-state index contributed by atoms with van der Waals surface area (Å²) in [6, 6.07) is 12.4. The van der Waals surface area contributed by atoms with Crippen LogP contribution in [-0.4, -0.2) is 65.0 Å². The Kier molecular flexibility index (Phi) is 11.3. The zero-order chi connectivity index (χ0) is 32.6. The molecule has 0 bridgehead atoms. The van der Waals surface area contributed by atoms with E-state index in [9.17, 15) is 13.6 Å². The average molecular weight is 635 g/mol. The minimum atomic E-state index is -1.05. The van der Waals surface area contributed by atoms with Gasteiger partial charge in [0.05, 0.1) is 36.7 Å². The van der Waals surface area contributed by atoms with Gasteiger partial charge in [0.15, 0.2) is 5.78 Å². The van der Waals surface area contributed by atoms with Crippen LogP contribution < -0.4 is 16.4 Å². The van der Waals surface area contributed by atoms with Gasteiger partial charge in [0.25, 0.3) is 0 Å². The van der Waals surface area contributed by atoms with Crippen LogP contribution in [0.3, 0.4) is 0 Å². The van der Waals surface area contributed by atoms with Crippen LogP contribution in [0.4, 0.5) is 13.2 Å². The molecular weight excluding hydrogens is 593 g/mol. The van der Waals surface area contributed by atoms with Gasteiger partial charge in [-0.2, -0.15) is 5.10 Å². The Morgan fingerprint density at radius 3 is 2.30 bits per heavy atom. The molecule has 4 N–H and O–H groups in total. The van der Waals surface area contributed by atoms with E-state index < -0.39 is 29.4 Å². The molecule has 244 valence electrons. The van der Waals surface area contributed by atoms with Crippen molar-refractivity contribution in [2.75, 3.05) is 26.2 Å². The second-order valence-electron chi connectivity index (χ2n) is 11.9. The quantitative estimate of drug-likeness (QED) is 0.179. The summed E-state index contributed by atoms with van der Waals surface area (Å²) in [6.45, 7) is 7.58. The summed E-state index contributed by atoms with van der Waals surface area (Å²) in [5.41, 5.74) is 10.8. The third kappa shape index (κ3) is 8.67. The largest absolute Gasteiger partial charge is 0.371 e. The number of hydrogen-bond acceptors (Lipinski definition) is 7. The number of nitrogens with one attached hydrogen (secondary N) is 2. The lowest BCUT2D eigenvalue weighted by Crippen LogP contribution is -2.49. The Morgan fingerprint density at radius 2 is 1.67 bits per heavy atom. The lowest BCUT2D eigenvalue weighted by molar-refractivity contribution is -0.119. The highest BCUT2D eigenvalue weighted by Crippen LogP contribution is 2.29. The smallest absolute Gasteiger partial charge is 0.154 e. The molecule has 5 rings (SSSR count). The van der Waals surface area contributed by atoms with Gasteiger partial charge in [-0.05, 0) is 79.3 Å². The first kappa shape index (κ1) is 33.5.